The molecule has 12 nitrogen and oxygen atoms in total. The van der Waals surface area contributed by atoms with Crippen molar-refractivity contribution in [1.29, 1.82) is 0 Å². The van der Waals surface area contributed by atoms with E-state index < -0.39 is 23.9 Å². The Labute approximate surface area is 292 Å². The fourth-order valence-corrected chi connectivity index (χ4v) is 6.42. The van der Waals surface area contributed by atoms with Crippen molar-refractivity contribution >= 4 is 68.2 Å². The maximum Gasteiger partial charge on any atom is 3.00 e. The number of aromatic nitrogens is 4. The van der Waals surface area contributed by atoms with E-state index in [1.165, 1.54) is 0 Å². The number of carbonyl (C=O) groups is 4. The third kappa shape index (κ3) is 8.01. The summed E-state index contributed by atoms with van der Waals surface area (Å²) in [6, 6.07) is 7.40. The minimum absolute atomic E-state index is 0. The number of hydrogen-bond acceptors (Lipinski definition) is 6. The van der Waals surface area contributed by atoms with Crippen molar-refractivity contribution in [1.82, 2.24) is 19.9 Å². The van der Waals surface area contributed by atoms with Gasteiger partial charge < -0.3 is 30.4 Å². The van der Waals surface area contributed by atoms with Crippen LogP contribution in [0.1, 0.15) is 97.4 Å². The predicted molar refractivity (Wildman–Crippen MR) is 181 cm³/mol. The quantitative estimate of drug-likeness (QED) is 0.112. The van der Waals surface area contributed by atoms with E-state index in [-0.39, 0.29) is 68.4 Å². The van der Waals surface area contributed by atoms with E-state index in [0.717, 1.165) is 44.5 Å². The molecule has 8 bridgehead atoms. The molecule has 49 heavy (non-hydrogen) atoms. The van der Waals surface area contributed by atoms with Crippen LogP contribution in [-0.2, 0) is 49.1 Å². The van der Waals surface area contributed by atoms with E-state index in [9.17, 15) is 39.6 Å². The molecule has 5 rings (SSSR count). The van der Waals surface area contributed by atoms with Crippen LogP contribution in [0.2, 0.25) is 0 Å². The molecular weight excluding hydrogens is 671 g/mol. The smallest absolute Gasteiger partial charge is 0.481 e. The number of H-pyrrole nitrogens is 2. The maximum atomic E-state index is 11.6. The van der Waals surface area contributed by atoms with Crippen molar-refractivity contribution in [2.75, 3.05) is 0 Å². The van der Waals surface area contributed by atoms with E-state index >= 15 is 0 Å². The molecule has 0 aromatic carbocycles. The van der Waals surface area contributed by atoms with Crippen molar-refractivity contribution < 1.29 is 56.7 Å². The van der Waals surface area contributed by atoms with Crippen LogP contribution in [0.15, 0.2) is 24.3 Å². The van der Waals surface area contributed by atoms with Crippen LogP contribution in [0.25, 0.3) is 44.4 Å². The molecule has 254 valence electrons. The van der Waals surface area contributed by atoms with Gasteiger partial charge >= 0.3 is 40.9 Å². The first-order valence-electron chi connectivity index (χ1n) is 15.7. The number of carboxylic acids is 4. The van der Waals surface area contributed by atoms with Gasteiger partial charge in [-0.25, -0.2) is 9.97 Å². The Morgan fingerprint density at radius 1 is 0.510 bits per heavy atom. The molecule has 0 aliphatic carbocycles. The molecule has 5 heterocycles. The van der Waals surface area contributed by atoms with Crippen molar-refractivity contribution in [3.8, 4) is 0 Å². The van der Waals surface area contributed by atoms with Crippen LogP contribution < -0.4 is 0 Å². The number of rotatable bonds is 12. The number of aliphatic carboxylic acids is 4. The monoisotopic (exact) mass is 709 g/mol. The summed E-state index contributed by atoms with van der Waals surface area (Å²) in [5, 5.41) is 38.0. The second-order valence-electron chi connectivity index (χ2n) is 12.2. The maximum absolute atomic E-state index is 11.6. The van der Waals surface area contributed by atoms with Crippen LogP contribution in [0.5, 0.6) is 0 Å². The molecule has 0 saturated heterocycles. The Morgan fingerprint density at radius 3 is 1.27 bits per heavy atom. The minimum Gasteiger partial charge on any atom is -0.481 e. The third-order valence-corrected chi connectivity index (χ3v) is 9.16. The molecule has 6 N–H and O–H groups in total. The SMILES string of the molecule is CC1=C(CCC(=O)O)c2cc3nc(cc4[nH]c(cc5[nH]c(cc1n2)c(C)c5CCC(=O)O)c(CCC(=O)O)c4C)C(CCC(=O)O)=C3C.[Mn+3]. The van der Waals surface area contributed by atoms with Gasteiger partial charge in [-0.1, -0.05) is 0 Å². The van der Waals surface area contributed by atoms with Crippen LogP contribution in [0.3, 0.4) is 0 Å². The van der Waals surface area contributed by atoms with Gasteiger partial charge in [-0.2, -0.15) is 0 Å². The van der Waals surface area contributed by atoms with Crippen LogP contribution in [-0.4, -0.2) is 64.2 Å². The van der Waals surface area contributed by atoms with Gasteiger partial charge in [0.05, 0.1) is 22.8 Å². The van der Waals surface area contributed by atoms with Gasteiger partial charge in [-0.05, 0) is 122 Å². The zero-order chi connectivity index (χ0) is 34.9. The molecule has 0 unspecified atom stereocenters. The third-order valence-electron chi connectivity index (χ3n) is 9.16. The van der Waals surface area contributed by atoms with Crippen LogP contribution >= 0.6 is 0 Å². The number of nitrogens with one attached hydrogen (secondary N) is 2. The summed E-state index contributed by atoms with van der Waals surface area (Å²) in [7, 11) is 0. The molecule has 13 heteroatoms. The summed E-state index contributed by atoms with van der Waals surface area (Å²) < 4.78 is 0. The minimum atomic E-state index is -0.946. The first-order valence-corrected chi connectivity index (χ1v) is 15.7. The Morgan fingerprint density at radius 2 is 0.857 bits per heavy atom. The molecule has 0 fully saturated rings. The normalized spacial score (nSPS) is 12.7. The first-order chi connectivity index (χ1) is 22.7. The number of allylic oxidation sites excluding steroid dienone is 4. The van der Waals surface area contributed by atoms with Gasteiger partial charge in [0, 0.05) is 47.8 Å². The number of aromatic amines is 2. The molecule has 0 saturated carbocycles. The van der Waals surface area contributed by atoms with Gasteiger partial charge in [0.2, 0.25) is 0 Å². The number of hydrogen-bond donors (Lipinski definition) is 6. The summed E-state index contributed by atoms with van der Waals surface area (Å²) in [5.41, 5.74) is 11.4. The molecule has 3 aromatic heterocycles. The zero-order valence-corrected chi connectivity index (χ0v) is 28.8. The number of carboxylic acid groups (broad SMARTS) is 4. The van der Waals surface area contributed by atoms with Gasteiger partial charge in [-0.3, -0.25) is 19.2 Å². The molecular formula is C36H38MnN4O8+3. The molecule has 3 aromatic rings. The van der Waals surface area contributed by atoms with E-state index in [4.69, 9.17) is 9.97 Å². The van der Waals surface area contributed by atoms with Crippen molar-refractivity contribution in [3.63, 3.8) is 0 Å². The van der Waals surface area contributed by atoms with Crippen molar-refractivity contribution in [2.24, 2.45) is 0 Å². The summed E-state index contributed by atoms with van der Waals surface area (Å²) in [4.78, 5) is 63.1. The van der Waals surface area contributed by atoms with Gasteiger partial charge in [-0.15, -0.1) is 0 Å². The van der Waals surface area contributed by atoms with Gasteiger partial charge in [0.15, 0.2) is 0 Å². The van der Waals surface area contributed by atoms with Crippen LogP contribution in [0, 0.1) is 13.8 Å². The average Bonchev–Trinajstić information content (AvgIpc) is 3.66. The summed E-state index contributed by atoms with van der Waals surface area (Å²) in [6.45, 7) is 7.56. The Kier molecular flexibility index (Phi) is 11.3. The first kappa shape index (κ1) is 36.8. The topological polar surface area (TPSA) is 207 Å². The average molecular weight is 710 g/mol. The van der Waals surface area contributed by atoms with E-state index in [1.54, 1.807) is 0 Å². The molecule has 2 aliphatic heterocycles. The fourth-order valence-electron chi connectivity index (χ4n) is 6.42. The van der Waals surface area contributed by atoms with Crippen molar-refractivity contribution in [2.45, 2.75) is 79.1 Å². The zero-order valence-electron chi connectivity index (χ0n) is 27.7. The second kappa shape index (κ2) is 15.0. The Hall–Kier alpha value is -5.00. The summed E-state index contributed by atoms with van der Waals surface area (Å²) >= 11 is 0. The second-order valence-corrected chi connectivity index (χ2v) is 12.2. The summed E-state index contributed by atoms with van der Waals surface area (Å²) in [5.74, 6) is -3.76. The Balaban J connectivity index is 0.00000541. The molecule has 0 amide bonds. The van der Waals surface area contributed by atoms with E-state index in [0.29, 0.717) is 44.8 Å². The standard InChI is InChI=1S/C36H38N4O8.Mn/c1-17-21(5-9-33(41)42)29-14-27-19(3)22(6-10-34(43)44)30(39-27)15-28-20(4)24(8-12-36(47)48)32(40-28)16-31-23(7-11-35(45)46)18(2)26(38-31)13-25(17)37-29;/h13-16,38,40H,5-12H2,1-4H3,(H,41,42)(H,43,44)(H,45,46)(H,47,48);/q;+3. The number of nitrogens with zero attached hydrogens (tertiary/aromatic N) is 2. The van der Waals surface area contributed by atoms with E-state index in [2.05, 4.69) is 9.97 Å². The summed E-state index contributed by atoms with van der Waals surface area (Å²) in [6.07, 6.45) is 0.578. The Bertz CT molecular complexity index is 2100. The van der Waals surface area contributed by atoms with E-state index in [1.807, 2.05) is 52.0 Å². The molecule has 0 spiro atoms. The number of aryl methyl sites for hydroxylation is 4. The fraction of sp³-hybridized carbons (Fsp3) is 0.333. The van der Waals surface area contributed by atoms with Gasteiger partial charge in [0.1, 0.15) is 0 Å². The number of fused-ring (bicyclic) bond motifs is 8. The van der Waals surface area contributed by atoms with Crippen LogP contribution in [0.4, 0.5) is 0 Å². The predicted octanol–water partition coefficient (Wildman–Crippen LogP) is 6.55. The molecule has 2 aliphatic rings. The molecule has 0 atom stereocenters. The van der Waals surface area contributed by atoms with Gasteiger partial charge in [0.25, 0.3) is 0 Å². The molecule has 0 radical (unpaired) electrons. The largest absolute Gasteiger partial charge is 3.00 e. The van der Waals surface area contributed by atoms with Crippen molar-refractivity contribution in [3.05, 3.63) is 69.3 Å².